The highest BCUT2D eigenvalue weighted by atomic mass is 16.3. The molecule has 1 fully saturated rings. The van der Waals surface area contributed by atoms with Gasteiger partial charge in [-0.2, -0.15) is 15.0 Å². The summed E-state index contributed by atoms with van der Waals surface area (Å²) in [7, 11) is 0. The van der Waals surface area contributed by atoms with Crippen LogP contribution in [0.2, 0.25) is 0 Å². The summed E-state index contributed by atoms with van der Waals surface area (Å²) in [5.74, 6) is 7.05. The van der Waals surface area contributed by atoms with Gasteiger partial charge in [-0.1, -0.05) is 13.8 Å². The number of rotatable bonds is 6. The third-order valence-electron chi connectivity index (χ3n) is 3.46. The van der Waals surface area contributed by atoms with Gasteiger partial charge in [-0.3, -0.25) is 5.43 Å². The molecule has 8 nitrogen and oxygen atoms in total. The molecule has 2 rings (SSSR count). The van der Waals surface area contributed by atoms with E-state index < -0.39 is 0 Å². The van der Waals surface area contributed by atoms with E-state index in [9.17, 15) is 5.11 Å². The minimum Gasteiger partial charge on any atom is -0.394 e. The van der Waals surface area contributed by atoms with Crippen LogP contribution in [-0.4, -0.2) is 45.8 Å². The summed E-state index contributed by atoms with van der Waals surface area (Å²) in [5, 5.41) is 12.5. The molecule has 1 aromatic heterocycles. The van der Waals surface area contributed by atoms with Crippen LogP contribution in [0.25, 0.3) is 0 Å². The van der Waals surface area contributed by atoms with Crippen molar-refractivity contribution in [2.24, 2.45) is 11.8 Å². The standard InChI is InChI=1S/C12H23N7O/c1-8(2)9(7-20)14-10-15-11(18-13)17-12(16-10)19-5-3-4-6-19/h8-9,20H,3-7,13H2,1-2H3,(H2,14,15,16,17,18). The Balaban J connectivity index is 2.20. The van der Waals surface area contributed by atoms with Crippen molar-refractivity contribution < 1.29 is 5.11 Å². The second-order valence-electron chi connectivity index (χ2n) is 5.30. The fraction of sp³-hybridized carbons (Fsp3) is 0.750. The molecule has 1 aliphatic heterocycles. The normalized spacial score (nSPS) is 16.6. The molecule has 1 aromatic rings. The molecule has 2 heterocycles. The number of nitrogens with zero attached hydrogens (tertiary/aromatic N) is 4. The number of nitrogen functional groups attached to an aromatic ring is 1. The monoisotopic (exact) mass is 281 g/mol. The average Bonchev–Trinajstić information content (AvgIpc) is 2.98. The average molecular weight is 281 g/mol. The minimum atomic E-state index is -0.102. The smallest absolute Gasteiger partial charge is 0.243 e. The number of aromatic nitrogens is 3. The van der Waals surface area contributed by atoms with E-state index in [1.807, 2.05) is 13.8 Å². The number of hydrogen-bond donors (Lipinski definition) is 4. The predicted octanol–water partition coefficient (Wildman–Crippen LogP) is 0.186. The summed E-state index contributed by atoms with van der Waals surface area (Å²) in [6.45, 7) is 5.97. The molecule has 0 spiro atoms. The first-order valence-electron chi connectivity index (χ1n) is 6.99. The summed E-state index contributed by atoms with van der Waals surface area (Å²) in [6, 6.07) is -0.102. The van der Waals surface area contributed by atoms with Crippen LogP contribution in [0.4, 0.5) is 17.8 Å². The van der Waals surface area contributed by atoms with Gasteiger partial charge in [-0.15, -0.1) is 0 Å². The maximum absolute atomic E-state index is 9.38. The van der Waals surface area contributed by atoms with Crippen LogP contribution in [-0.2, 0) is 0 Å². The van der Waals surface area contributed by atoms with Crippen molar-refractivity contribution in [1.82, 2.24) is 15.0 Å². The van der Waals surface area contributed by atoms with Crippen molar-refractivity contribution in [3.8, 4) is 0 Å². The van der Waals surface area contributed by atoms with Crippen LogP contribution in [0, 0.1) is 5.92 Å². The lowest BCUT2D eigenvalue weighted by atomic mass is 10.1. The zero-order valence-corrected chi connectivity index (χ0v) is 12.0. The number of aliphatic hydroxyl groups excluding tert-OH is 1. The minimum absolute atomic E-state index is 0.0216. The van der Waals surface area contributed by atoms with E-state index >= 15 is 0 Å². The van der Waals surface area contributed by atoms with E-state index in [0.717, 1.165) is 25.9 Å². The quantitative estimate of drug-likeness (QED) is 0.432. The lowest BCUT2D eigenvalue weighted by Crippen LogP contribution is -2.31. The van der Waals surface area contributed by atoms with E-state index in [2.05, 4.69) is 30.6 Å². The second-order valence-corrected chi connectivity index (χ2v) is 5.30. The van der Waals surface area contributed by atoms with Crippen LogP contribution in [0.1, 0.15) is 26.7 Å². The van der Waals surface area contributed by atoms with Crippen molar-refractivity contribution in [3.63, 3.8) is 0 Å². The summed E-state index contributed by atoms with van der Waals surface area (Å²) >= 11 is 0. The molecule has 0 saturated carbocycles. The van der Waals surface area contributed by atoms with Crippen molar-refractivity contribution in [3.05, 3.63) is 0 Å². The van der Waals surface area contributed by atoms with Gasteiger partial charge >= 0.3 is 0 Å². The molecule has 8 heteroatoms. The van der Waals surface area contributed by atoms with Gasteiger partial charge in [0.05, 0.1) is 12.6 Å². The Kier molecular flexibility index (Phi) is 4.91. The van der Waals surface area contributed by atoms with E-state index in [1.54, 1.807) is 0 Å². The van der Waals surface area contributed by atoms with Crippen LogP contribution in [0.15, 0.2) is 0 Å². The highest BCUT2D eigenvalue weighted by Crippen LogP contribution is 2.19. The number of nitrogens with one attached hydrogen (secondary N) is 2. The lowest BCUT2D eigenvalue weighted by molar-refractivity contribution is 0.248. The molecule has 1 saturated heterocycles. The van der Waals surface area contributed by atoms with Gasteiger partial charge in [0.25, 0.3) is 0 Å². The predicted molar refractivity (Wildman–Crippen MR) is 78.4 cm³/mol. The zero-order valence-electron chi connectivity index (χ0n) is 12.0. The van der Waals surface area contributed by atoms with Gasteiger partial charge < -0.3 is 15.3 Å². The van der Waals surface area contributed by atoms with Crippen molar-refractivity contribution >= 4 is 17.8 Å². The van der Waals surface area contributed by atoms with E-state index in [4.69, 9.17) is 5.84 Å². The first-order valence-corrected chi connectivity index (χ1v) is 6.99. The van der Waals surface area contributed by atoms with Crippen molar-refractivity contribution in [2.75, 3.05) is 35.3 Å². The second kappa shape index (κ2) is 6.67. The maximum atomic E-state index is 9.38. The summed E-state index contributed by atoms with van der Waals surface area (Å²) in [5.41, 5.74) is 2.46. The van der Waals surface area contributed by atoms with Gasteiger partial charge in [0, 0.05) is 13.1 Å². The molecule has 1 unspecified atom stereocenters. The van der Waals surface area contributed by atoms with E-state index in [-0.39, 0.29) is 18.6 Å². The topological polar surface area (TPSA) is 112 Å². The number of hydrogen-bond acceptors (Lipinski definition) is 8. The van der Waals surface area contributed by atoms with Crippen molar-refractivity contribution in [1.29, 1.82) is 0 Å². The highest BCUT2D eigenvalue weighted by molar-refractivity contribution is 5.44. The van der Waals surface area contributed by atoms with Crippen molar-refractivity contribution in [2.45, 2.75) is 32.7 Å². The molecular formula is C12H23N7O. The van der Waals surface area contributed by atoms with E-state index in [0.29, 0.717) is 17.8 Å². The Morgan fingerprint density at radius 3 is 2.40 bits per heavy atom. The molecule has 0 amide bonds. The Bertz CT molecular complexity index is 434. The number of nitrogens with two attached hydrogens (primary N) is 1. The van der Waals surface area contributed by atoms with Gasteiger partial charge in [-0.05, 0) is 18.8 Å². The Labute approximate surface area is 118 Å². The zero-order chi connectivity index (χ0) is 14.5. The van der Waals surface area contributed by atoms with Crippen LogP contribution in [0.5, 0.6) is 0 Å². The molecule has 0 bridgehead atoms. The summed E-state index contributed by atoms with van der Waals surface area (Å²) in [6.07, 6.45) is 2.29. The third-order valence-corrected chi connectivity index (χ3v) is 3.46. The van der Waals surface area contributed by atoms with Crippen LogP contribution >= 0.6 is 0 Å². The van der Waals surface area contributed by atoms with Gasteiger partial charge in [0.1, 0.15) is 0 Å². The molecule has 0 radical (unpaired) electrons. The highest BCUT2D eigenvalue weighted by Gasteiger charge is 2.19. The number of aliphatic hydroxyl groups is 1. The molecular weight excluding hydrogens is 258 g/mol. The Morgan fingerprint density at radius 1 is 1.20 bits per heavy atom. The first-order chi connectivity index (χ1) is 9.63. The molecule has 0 aromatic carbocycles. The molecule has 112 valence electrons. The lowest BCUT2D eigenvalue weighted by Gasteiger charge is -2.21. The fourth-order valence-electron chi connectivity index (χ4n) is 2.14. The summed E-state index contributed by atoms with van der Waals surface area (Å²) < 4.78 is 0. The van der Waals surface area contributed by atoms with E-state index in [1.165, 1.54) is 0 Å². The third kappa shape index (κ3) is 3.45. The van der Waals surface area contributed by atoms with Gasteiger partial charge in [0.15, 0.2) is 0 Å². The molecule has 5 N–H and O–H groups in total. The Hall–Kier alpha value is -1.67. The number of hydrazine groups is 1. The molecule has 1 aliphatic rings. The largest absolute Gasteiger partial charge is 0.394 e. The molecule has 20 heavy (non-hydrogen) atoms. The Morgan fingerprint density at radius 2 is 1.85 bits per heavy atom. The maximum Gasteiger partial charge on any atom is 0.243 e. The molecule has 1 atom stereocenters. The van der Waals surface area contributed by atoms with Gasteiger partial charge in [0.2, 0.25) is 17.8 Å². The molecule has 0 aliphatic carbocycles. The first kappa shape index (κ1) is 14.7. The SMILES string of the molecule is CC(C)C(CO)Nc1nc(NN)nc(N2CCCC2)n1. The number of anilines is 3. The van der Waals surface area contributed by atoms with Crippen LogP contribution in [0.3, 0.4) is 0 Å². The summed E-state index contributed by atoms with van der Waals surface area (Å²) in [4.78, 5) is 15.0. The fourth-order valence-corrected chi connectivity index (χ4v) is 2.14. The van der Waals surface area contributed by atoms with Crippen LogP contribution < -0.4 is 21.5 Å². The van der Waals surface area contributed by atoms with Gasteiger partial charge in [-0.25, -0.2) is 5.84 Å².